The first-order valence-corrected chi connectivity index (χ1v) is 8.36. The first-order chi connectivity index (χ1) is 11.1. The van der Waals surface area contributed by atoms with Crippen LogP contribution in [-0.2, 0) is 9.53 Å². The van der Waals surface area contributed by atoms with E-state index in [4.69, 9.17) is 16.3 Å². The molecule has 6 heteroatoms. The molecular weight excluding hydrogens is 316 g/mol. The lowest BCUT2D eigenvalue weighted by Crippen LogP contribution is -2.45. The van der Waals surface area contributed by atoms with E-state index in [-0.39, 0.29) is 11.8 Å². The highest BCUT2D eigenvalue weighted by Crippen LogP contribution is 2.28. The van der Waals surface area contributed by atoms with Crippen molar-refractivity contribution in [2.75, 3.05) is 19.8 Å². The molecule has 1 aliphatic rings. The molecule has 0 heterocycles. The van der Waals surface area contributed by atoms with E-state index in [0.717, 1.165) is 18.9 Å². The van der Waals surface area contributed by atoms with Gasteiger partial charge in [-0.05, 0) is 44.2 Å². The van der Waals surface area contributed by atoms with E-state index in [1.807, 2.05) is 0 Å². The van der Waals surface area contributed by atoms with Gasteiger partial charge in [0.2, 0.25) is 5.91 Å². The Morgan fingerprint density at radius 1 is 1.35 bits per heavy atom. The number of carbonyl (C=O) groups is 2. The summed E-state index contributed by atoms with van der Waals surface area (Å²) in [5, 5.41) is 5.80. The normalized spacial score (nSPS) is 15.0. The first kappa shape index (κ1) is 17.8. The number of hydrogen-bond donors (Lipinski definition) is 2. The smallest absolute Gasteiger partial charge is 0.253 e. The number of halogens is 1. The van der Waals surface area contributed by atoms with Crippen LogP contribution in [0.5, 0.6) is 0 Å². The molecule has 1 aromatic rings. The monoisotopic (exact) mass is 338 g/mol. The first-order valence-electron chi connectivity index (χ1n) is 7.98. The van der Waals surface area contributed by atoms with Crippen molar-refractivity contribution < 1.29 is 14.3 Å². The molecule has 0 radical (unpaired) electrons. The molecule has 126 valence electrons. The quantitative estimate of drug-likeness (QED) is 0.679. The molecular formula is C17H23ClN2O3. The number of carbonyl (C=O) groups excluding carboxylic acids is 2. The van der Waals surface area contributed by atoms with Gasteiger partial charge in [0.15, 0.2) is 0 Å². The van der Waals surface area contributed by atoms with Crippen LogP contribution in [0, 0.1) is 5.92 Å². The zero-order chi connectivity index (χ0) is 16.7. The van der Waals surface area contributed by atoms with Crippen LogP contribution in [0.1, 0.15) is 36.5 Å². The van der Waals surface area contributed by atoms with Crippen LogP contribution >= 0.6 is 11.6 Å². The molecule has 1 unspecified atom stereocenters. The van der Waals surface area contributed by atoms with Crippen LogP contribution in [0.2, 0.25) is 5.02 Å². The average molecular weight is 339 g/mol. The Morgan fingerprint density at radius 2 is 2.09 bits per heavy atom. The Morgan fingerprint density at radius 3 is 2.78 bits per heavy atom. The minimum absolute atomic E-state index is 0.215. The van der Waals surface area contributed by atoms with Crippen molar-refractivity contribution in [2.45, 2.75) is 32.2 Å². The van der Waals surface area contributed by atoms with Crippen molar-refractivity contribution in [2.24, 2.45) is 5.92 Å². The van der Waals surface area contributed by atoms with Gasteiger partial charge in [0.25, 0.3) is 5.91 Å². The Labute approximate surface area is 141 Å². The van der Waals surface area contributed by atoms with Crippen LogP contribution in [0.4, 0.5) is 0 Å². The van der Waals surface area contributed by atoms with E-state index < -0.39 is 6.04 Å². The van der Waals surface area contributed by atoms with E-state index in [9.17, 15) is 9.59 Å². The Bertz CT molecular complexity index is 546. The van der Waals surface area contributed by atoms with Gasteiger partial charge in [0, 0.05) is 19.8 Å². The summed E-state index contributed by atoms with van der Waals surface area (Å²) in [5.74, 6) is 0.184. The highest BCUT2D eigenvalue weighted by Gasteiger charge is 2.21. The molecule has 23 heavy (non-hydrogen) atoms. The maximum atomic E-state index is 12.1. The average Bonchev–Trinajstić information content (AvgIpc) is 3.35. The van der Waals surface area contributed by atoms with Gasteiger partial charge in [-0.3, -0.25) is 9.59 Å². The Hall–Kier alpha value is -1.59. The van der Waals surface area contributed by atoms with E-state index in [2.05, 4.69) is 10.6 Å². The predicted octanol–water partition coefficient (Wildman–Crippen LogP) is 2.39. The fraction of sp³-hybridized carbons (Fsp3) is 0.529. The zero-order valence-electron chi connectivity index (χ0n) is 13.3. The Kier molecular flexibility index (Phi) is 6.86. The molecule has 5 nitrogen and oxygen atoms in total. The summed E-state index contributed by atoms with van der Waals surface area (Å²) >= 11 is 5.97. The van der Waals surface area contributed by atoms with Crippen molar-refractivity contribution in [3.8, 4) is 0 Å². The van der Waals surface area contributed by atoms with Crippen LogP contribution < -0.4 is 10.6 Å². The standard InChI is InChI=1S/C17H23ClN2O3/c1-12(20-17(22)14-5-2-3-6-15(14)18)16(21)19-9-4-10-23-11-13-7-8-13/h2-3,5-6,12-13H,4,7-11H2,1H3,(H,19,21)(H,20,22). The van der Waals surface area contributed by atoms with Crippen molar-refractivity contribution in [3.05, 3.63) is 34.9 Å². The molecule has 1 fully saturated rings. The van der Waals surface area contributed by atoms with Gasteiger partial charge in [0.1, 0.15) is 6.04 Å². The van der Waals surface area contributed by atoms with Crippen molar-refractivity contribution in [1.82, 2.24) is 10.6 Å². The lowest BCUT2D eigenvalue weighted by molar-refractivity contribution is -0.122. The minimum atomic E-state index is -0.619. The maximum absolute atomic E-state index is 12.1. The molecule has 2 amide bonds. The van der Waals surface area contributed by atoms with Crippen molar-refractivity contribution in [1.29, 1.82) is 0 Å². The van der Waals surface area contributed by atoms with Gasteiger partial charge >= 0.3 is 0 Å². The topological polar surface area (TPSA) is 67.4 Å². The summed E-state index contributed by atoms with van der Waals surface area (Å²) < 4.78 is 5.50. The SMILES string of the molecule is CC(NC(=O)c1ccccc1Cl)C(=O)NCCCOCC1CC1. The van der Waals surface area contributed by atoms with E-state index in [0.29, 0.717) is 23.7 Å². The molecule has 1 saturated carbocycles. The molecule has 0 spiro atoms. The fourth-order valence-electron chi connectivity index (χ4n) is 2.06. The Balaban J connectivity index is 1.63. The summed E-state index contributed by atoms with van der Waals surface area (Å²) in [7, 11) is 0. The number of nitrogens with one attached hydrogen (secondary N) is 2. The number of amides is 2. The van der Waals surface area contributed by atoms with Crippen LogP contribution in [0.25, 0.3) is 0 Å². The molecule has 1 atom stereocenters. The number of hydrogen-bond acceptors (Lipinski definition) is 3. The van der Waals surface area contributed by atoms with E-state index in [1.54, 1.807) is 31.2 Å². The van der Waals surface area contributed by atoms with Gasteiger partial charge in [0.05, 0.1) is 10.6 Å². The molecule has 0 aromatic heterocycles. The minimum Gasteiger partial charge on any atom is -0.381 e. The molecule has 0 bridgehead atoms. The second-order valence-corrected chi connectivity index (χ2v) is 6.25. The zero-order valence-corrected chi connectivity index (χ0v) is 14.1. The number of rotatable bonds is 9. The van der Waals surface area contributed by atoms with E-state index in [1.165, 1.54) is 12.8 Å². The molecule has 2 N–H and O–H groups in total. The molecule has 2 rings (SSSR count). The number of ether oxygens (including phenoxy) is 1. The lowest BCUT2D eigenvalue weighted by Gasteiger charge is -2.14. The molecule has 0 saturated heterocycles. The van der Waals surface area contributed by atoms with Crippen LogP contribution in [-0.4, -0.2) is 37.6 Å². The predicted molar refractivity (Wildman–Crippen MR) is 89.5 cm³/mol. The van der Waals surface area contributed by atoms with Crippen LogP contribution in [0.3, 0.4) is 0 Å². The van der Waals surface area contributed by atoms with E-state index >= 15 is 0 Å². The second kappa shape index (κ2) is 8.89. The third-order valence-corrected chi connectivity index (χ3v) is 4.00. The van der Waals surface area contributed by atoms with Gasteiger partial charge < -0.3 is 15.4 Å². The van der Waals surface area contributed by atoms with Gasteiger partial charge in [-0.1, -0.05) is 23.7 Å². The maximum Gasteiger partial charge on any atom is 0.253 e. The largest absolute Gasteiger partial charge is 0.381 e. The summed E-state index contributed by atoms with van der Waals surface area (Å²) in [5.41, 5.74) is 0.363. The third kappa shape index (κ3) is 6.20. The fourth-order valence-corrected chi connectivity index (χ4v) is 2.28. The summed E-state index contributed by atoms with van der Waals surface area (Å²) in [4.78, 5) is 24.0. The highest BCUT2D eigenvalue weighted by atomic mass is 35.5. The lowest BCUT2D eigenvalue weighted by atomic mass is 10.2. The molecule has 0 aliphatic heterocycles. The van der Waals surface area contributed by atoms with Gasteiger partial charge in [-0.15, -0.1) is 0 Å². The molecule has 1 aliphatic carbocycles. The second-order valence-electron chi connectivity index (χ2n) is 5.84. The number of benzene rings is 1. The highest BCUT2D eigenvalue weighted by molar-refractivity contribution is 6.33. The van der Waals surface area contributed by atoms with Crippen LogP contribution in [0.15, 0.2) is 24.3 Å². The van der Waals surface area contributed by atoms with Crippen molar-refractivity contribution in [3.63, 3.8) is 0 Å². The summed E-state index contributed by atoms with van der Waals surface area (Å²) in [6.07, 6.45) is 3.32. The summed E-state index contributed by atoms with van der Waals surface area (Å²) in [6.45, 7) is 3.67. The third-order valence-electron chi connectivity index (χ3n) is 3.67. The summed E-state index contributed by atoms with van der Waals surface area (Å²) in [6, 6.07) is 6.13. The van der Waals surface area contributed by atoms with Crippen molar-refractivity contribution >= 4 is 23.4 Å². The van der Waals surface area contributed by atoms with Gasteiger partial charge in [-0.25, -0.2) is 0 Å². The molecule has 1 aromatic carbocycles. The van der Waals surface area contributed by atoms with Gasteiger partial charge in [-0.2, -0.15) is 0 Å².